The van der Waals surface area contributed by atoms with E-state index in [4.69, 9.17) is 10.2 Å². The molecule has 1 unspecified atom stereocenters. The van der Waals surface area contributed by atoms with Crippen molar-refractivity contribution < 1.29 is 19.8 Å². The van der Waals surface area contributed by atoms with Crippen molar-refractivity contribution in [3.05, 3.63) is 35.9 Å². The Morgan fingerprint density at radius 1 is 1.13 bits per heavy atom. The number of amides is 2. The van der Waals surface area contributed by atoms with E-state index in [0.717, 1.165) is 31.2 Å². The minimum atomic E-state index is -0.250. The summed E-state index contributed by atoms with van der Waals surface area (Å²) in [7, 11) is 3.38. The molecule has 0 aliphatic rings. The Morgan fingerprint density at radius 3 is 1.97 bits per heavy atom. The van der Waals surface area contributed by atoms with Crippen molar-refractivity contribution in [2.24, 2.45) is 11.5 Å². The van der Waals surface area contributed by atoms with E-state index in [1.54, 1.807) is 14.1 Å². The Bertz CT molecular complexity index is 488. The number of hydrogen-bond donors (Lipinski definition) is 6. The van der Waals surface area contributed by atoms with E-state index < -0.39 is 0 Å². The van der Waals surface area contributed by atoms with Gasteiger partial charge in [-0.2, -0.15) is 0 Å². The van der Waals surface area contributed by atoms with Gasteiger partial charge in [0.2, 0.25) is 12.3 Å². The lowest BCUT2D eigenvalue weighted by atomic mass is 10.1. The number of carbonyl (C=O) groups excluding carboxylic acids is 2. The molecule has 1 rings (SSSR count). The summed E-state index contributed by atoms with van der Waals surface area (Å²) in [5.74, 6) is 0.0610. The fourth-order valence-corrected chi connectivity index (χ4v) is 2.15. The number of benzene rings is 1. The molecule has 30 heavy (non-hydrogen) atoms. The molecule has 0 heterocycles. The summed E-state index contributed by atoms with van der Waals surface area (Å²) in [6, 6.07) is 10.5. The van der Waals surface area contributed by atoms with Gasteiger partial charge in [-0.3, -0.25) is 9.59 Å². The van der Waals surface area contributed by atoms with Gasteiger partial charge in [-0.15, -0.1) is 0 Å². The average molecular weight is 430 g/mol. The SMILES string of the molecule is CCCC(CC)NCC(=O)N[C@H](C)c1ccccc1.CN(C)C=O.NCO.NCO. The maximum absolute atomic E-state index is 11.9. The monoisotopic (exact) mass is 429 g/mol. The first kappa shape index (κ1) is 32.6. The highest BCUT2D eigenvalue weighted by molar-refractivity contribution is 5.78. The summed E-state index contributed by atoms with van der Waals surface area (Å²) in [6.45, 7) is 6.23. The highest BCUT2D eigenvalue weighted by atomic mass is 16.3. The van der Waals surface area contributed by atoms with Crippen LogP contribution in [0.1, 0.15) is 51.6 Å². The summed E-state index contributed by atoms with van der Waals surface area (Å²) in [6.07, 6.45) is 4.08. The maximum Gasteiger partial charge on any atom is 0.234 e. The van der Waals surface area contributed by atoms with E-state index in [1.807, 2.05) is 37.3 Å². The Hall–Kier alpha value is -2.04. The van der Waals surface area contributed by atoms with Crippen molar-refractivity contribution in [1.29, 1.82) is 0 Å². The van der Waals surface area contributed by atoms with E-state index in [2.05, 4.69) is 35.9 Å². The second-order valence-corrected chi connectivity index (χ2v) is 6.41. The Morgan fingerprint density at radius 2 is 1.60 bits per heavy atom. The average Bonchev–Trinajstić information content (AvgIpc) is 2.73. The van der Waals surface area contributed by atoms with Crippen molar-refractivity contribution in [3.63, 3.8) is 0 Å². The standard InChI is InChI=1S/C16H26N2O.C3H7NO.2CH5NO/c1-4-9-15(5-2)17-12-16(19)18-13(3)14-10-7-6-8-11-14;1-4(2)3-5;2*2-1-3/h6-8,10-11,13,15,17H,4-5,9,12H2,1-3H3,(H,18,19);3H,1-2H3;2*3H,1-2H2/t13-,15?;;;/m1.../s1. The molecule has 9 heteroatoms. The summed E-state index contributed by atoms with van der Waals surface area (Å²) in [4.78, 5) is 22.8. The van der Waals surface area contributed by atoms with E-state index in [9.17, 15) is 9.59 Å². The van der Waals surface area contributed by atoms with Crippen LogP contribution in [0.2, 0.25) is 0 Å². The predicted octanol–water partition coefficient (Wildman–Crippen LogP) is 0.526. The van der Waals surface area contributed by atoms with Gasteiger partial charge in [-0.1, -0.05) is 50.6 Å². The molecule has 1 aromatic carbocycles. The largest absolute Gasteiger partial charge is 0.382 e. The molecule has 0 spiro atoms. The third-order valence-corrected chi connectivity index (χ3v) is 3.57. The molecular weight excluding hydrogens is 386 g/mol. The number of nitrogens with zero attached hydrogens (tertiary/aromatic N) is 1. The number of carbonyl (C=O) groups is 2. The molecule has 0 fully saturated rings. The van der Waals surface area contributed by atoms with Crippen LogP contribution in [-0.2, 0) is 9.59 Å². The van der Waals surface area contributed by atoms with Crippen LogP contribution < -0.4 is 22.1 Å². The van der Waals surface area contributed by atoms with Crippen LogP contribution in [0.3, 0.4) is 0 Å². The number of nitrogens with one attached hydrogen (secondary N) is 2. The minimum Gasteiger partial charge on any atom is -0.382 e. The molecule has 0 aliphatic heterocycles. The van der Waals surface area contributed by atoms with E-state index >= 15 is 0 Å². The fraction of sp³-hybridized carbons (Fsp3) is 0.619. The van der Waals surface area contributed by atoms with Crippen molar-refractivity contribution in [3.8, 4) is 0 Å². The van der Waals surface area contributed by atoms with Gasteiger partial charge in [0.25, 0.3) is 0 Å². The third-order valence-electron chi connectivity index (χ3n) is 3.57. The second-order valence-electron chi connectivity index (χ2n) is 6.41. The first-order valence-corrected chi connectivity index (χ1v) is 10.1. The van der Waals surface area contributed by atoms with Crippen molar-refractivity contribution >= 4 is 12.3 Å². The molecule has 2 atom stereocenters. The van der Waals surface area contributed by atoms with Crippen molar-refractivity contribution in [2.45, 2.75) is 52.1 Å². The molecule has 0 aliphatic carbocycles. The number of hydrogen-bond acceptors (Lipinski definition) is 7. The number of aliphatic hydroxyl groups is 2. The molecule has 176 valence electrons. The molecule has 9 nitrogen and oxygen atoms in total. The first-order chi connectivity index (χ1) is 14.3. The van der Waals surface area contributed by atoms with Gasteiger partial charge in [0.1, 0.15) is 0 Å². The lowest BCUT2D eigenvalue weighted by Crippen LogP contribution is -2.39. The Kier molecular flexibility index (Phi) is 27.2. The van der Waals surface area contributed by atoms with Crippen LogP contribution in [0.4, 0.5) is 0 Å². The van der Waals surface area contributed by atoms with Gasteiger partial charge in [0.15, 0.2) is 0 Å². The Labute approximate surface area is 181 Å². The molecule has 1 aromatic rings. The zero-order valence-electron chi connectivity index (χ0n) is 19.2. The zero-order chi connectivity index (χ0) is 23.8. The van der Waals surface area contributed by atoms with E-state index in [0.29, 0.717) is 12.6 Å². The molecule has 2 amide bonds. The van der Waals surface area contributed by atoms with Gasteiger partial charge in [0, 0.05) is 20.1 Å². The fourth-order valence-electron chi connectivity index (χ4n) is 2.15. The number of aliphatic hydroxyl groups excluding tert-OH is 2. The number of rotatable bonds is 9. The van der Waals surface area contributed by atoms with E-state index in [1.165, 1.54) is 4.90 Å². The molecule has 0 saturated carbocycles. The van der Waals surface area contributed by atoms with Crippen molar-refractivity contribution in [2.75, 3.05) is 34.1 Å². The molecular formula is C21H43N5O4. The summed E-state index contributed by atoms with van der Waals surface area (Å²) in [5.41, 5.74) is 9.94. The van der Waals surface area contributed by atoms with Crippen LogP contribution in [0.5, 0.6) is 0 Å². The summed E-state index contributed by atoms with van der Waals surface area (Å²) in [5, 5.41) is 21.0. The topological polar surface area (TPSA) is 154 Å². The quantitative estimate of drug-likeness (QED) is 0.247. The van der Waals surface area contributed by atoms with Gasteiger partial charge >= 0.3 is 0 Å². The van der Waals surface area contributed by atoms with Crippen LogP contribution in [-0.4, -0.2) is 67.6 Å². The molecule has 8 N–H and O–H groups in total. The second kappa shape index (κ2) is 25.0. The van der Waals surface area contributed by atoms with E-state index in [-0.39, 0.29) is 25.4 Å². The van der Waals surface area contributed by atoms with Gasteiger partial charge < -0.3 is 37.2 Å². The third kappa shape index (κ3) is 24.0. The molecule has 0 radical (unpaired) electrons. The van der Waals surface area contributed by atoms with Crippen LogP contribution >= 0.6 is 0 Å². The van der Waals surface area contributed by atoms with Gasteiger partial charge in [-0.25, -0.2) is 0 Å². The lowest BCUT2D eigenvalue weighted by Gasteiger charge is -2.18. The van der Waals surface area contributed by atoms with Crippen LogP contribution in [0, 0.1) is 0 Å². The van der Waals surface area contributed by atoms with Crippen LogP contribution in [0.25, 0.3) is 0 Å². The first-order valence-electron chi connectivity index (χ1n) is 10.1. The lowest BCUT2D eigenvalue weighted by molar-refractivity contribution is -0.121. The summed E-state index contributed by atoms with van der Waals surface area (Å²) >= 11 is 0. The molecule has 0 aromatic heterocycles. The smallest absolute Gasteiger partial charge is 0.234 e. The predicted molar refractivity (Wildman–Crippen MR) is 122 cm³/mol. The number of nitrogens with two attached hydrogens (primary N) is 2. The van der Waals surface area contributed by atoms with Gasteiger partial charge in [-0.05, 0) is 25.3 Å². The summed E-state index contributed by atoms with van der Waals surface area (Å²) < 4.78 is 0. The zero-order valence-corrected chi connectivity index (χ0v) is 19.2. The van der Waals surface area contributed by atoms with Crippen molar-refractivity contribution in [1.82, 2.24) is 15.5 Å². The molecule has 0 bridgehead atoms. The highest BCUT2D eigenvalue weighted by Gasteiger charge is 2.11. The normalized spacial score (nSPS) is 11.1. The minimum absolute atomic E-state index is 0.0572. The van der Waals surface area contributed by atoms with Crippen LogP contribution in [0.15, 0.2) is 30.3 Å². The maximum atomic E-state index is 11.9. The molecule has 0 saturated heterocycles. The Balaban J connectivity index is -0.000000550. The van der Waals surface area contributed by atoms with Gasteiger partial charge in [0.05, 0.1) is 26.0 Å². The highest BCUT2D eigenvalue weighted by Crippen LogP contribution is 2.10.